The highest BCUT2D eigenvalue weighted by Crippen LogP contribution is 2.38. The van der Waals surface area contributed by atoms with Gasteiger partial charge in [-0.05, 0) is 40.5 Å². The van der Waals surface area contributed by atoms with Gasteiger partial charge in [0, 0.05) is 24.2 Å². The first-order valence-electron chi connectivity index (χ1n) is 14.9. The van der Waals surface area contributed by atoms with Crippen LogP contribution in [0, 0.1) is 28.9 Å². The Bertz CT molecular complexity index is 937. The smallest absolute Gasteiger partial charge is 0.311 e. The molecule has 0 aromatic carbocycles. The van der Waals surface area contributed by atoms with Gasteiger partial charge in [0.2, 0.25) is 0 Å². The van der Waals surface area contributed by atoms with Gasteiger partial charge in [-0.15, -0.1) is 0 Å². The van der Waals surface area contributed by atoms with E-state index in [4.69, 9.17) is 14.2 Å². The van der Waals surface area contributed by atoms with Gasteiger partial charge in [0.25, 0.3) is 0 Å². The molecule has 246 valence electrons. The number of carbonyl (C=O) groups excluding carboxylic acids is 1. The minimum atomic E-state index is -1.94. The maximum Gasteiger partial charge on any atom is 0.311 e. The fourth-order valence-electron chi connectivity index (χ4n) is 6.72. The Kier molecular flexibility index (Phi) is 12.0. The minimum absolute atomic E-state index is 0.0784. The summed E-state index contributed by atoms with van der Waals surface area (Å²) in [6, 6.07) is -0.788. The molecule has 13 heteroatoms. The molecule has 0 aromatic heterocycles. The average Bonchev–Trinajstić information content (AvgIpc) is 2.88. The quantitative estimate of drug-likeness (QED) is 0.116. The van der Waals surface area contributed by atoms with Gasteiger partial charge in [0.15, 0.2) is 12.4 Å². The molecular formula is C29H54N2O11. The van der Waals surface area contributed by atoms with Crippen LogP contribution in [0.2, 0.25) is 0 Å². The number of hydrogen-bond acceptors (Lipinski definition) is 12. The number of aliphatic hydroxyl groups excluding tert-OH is 3. The number of ether oxygens (including phenoxy) is 3. The van der Waals surface area contributed by atoms with Crippen molar-refractivity contribution in [3.8, 4) is 0 Å². The molecule has 0 saturated carbocycles. The van der Waals surface area contributed by atoms with Crippen molar-refractivity contribution in [2.75, 3.05) is 14.1 Å². The summed E-state index contributed by atoms with van der Waals surface area (Å²) in [5.41, 5.74) is -3.65. The van der Waals surface area contributed by atoms with E-state index in [9.17, 15) is 40.7 Å². The first-order chi connectivity index (χ1) is 19.1. The zero-order valence-corrected chi connectivity index (χ0v) is 26.7. The second-order valence-corrected chi connectivity index (χ2v) is 13.5. The Morgan fingerprint density at radius 3 is 2.12 bits per heavy atom. The highest BCUT2D eigenvalue weighted by Gasteiger charge is 2.51. The van der Waals surface area contributed by atoms with Crippen LogP contribution in [0.1, 0.15) is 74.7 Å². The van der Waals surface area contributed by atoms with Gasteiger partial charge >= 0.3 is 5.97 Å². The maximum atomic E-state index is 13.2. The minimum Gasteiger partial charge on any atom is -0.633 e. The van der Waals surface area contributed by atoms with E-state index >= 15 is 0 Å². The number of aliphatic hydroxyl groups is 5. The summed E-state index contributed by atoms with van der Waals surface area (Å²) >= 11 is 0. The Morgan fingerprint density at radius 1 is 1.05 bits per heavy atom. The van der Waals surface area contributed by atoms with E-state index in [0.29, 0.717) is 0 Å². The Hall–Kier alpha value is -1.42. The van der Waals surface area contributed by atoms with E-state index in [0.717, 1.165) is 0 Å². The second-order valence-electron chi connectivity index (χ2n) is 13.5. The third kappa shape index (κ3) is 7.80. The lowest BCUT2D eigenvalue weighted by atomic mass is 9.73. The number of esters is 1. The predicted molar refractivity (Wildman–Crippen MR) is 153 cm³/mol. The molecule has 2 rings (SSSR count). The molecule has 13 nitrogen and oxygen atoms in total. The third-order valence-corrected chi connectivity index (χ3v) is 9.37. The maximum absolute atomic E-state index is 13.2. The number of hydrogen-bond donors (Lipinski definition) is 6. The monoisotopic (exact) mass is 606 g/mol. The summed E-state index contributed by atoms with van der Waals surface area (Å²) in [6.07, 6.45) is -8.20. The van der Waals surface area contributed by atoms with Crippen LogP contribution in [-0.4, -0.2) is 121 Å². The SMILES string of the molecule is CC[C@H]1OC(=O)[C@H](C)[C@@H](O)[C@H](C)[C@@H](O[C@@H]2O[C@H](C)C[C@H]([N+](C)(C)[O-])[C@H]2O)[C@](C)(O)C[C@@H](C)/C(=N\O)[C@H](C)[C@@H](O)[C@]1(C)O. The number of nitrogens with zero attached hydrogens (tertiary/aromatic N) is 2. The van der Waals surface area contributed by atoms with Crippen molar-refractivity contribution < 1.29 is 54.4 Å². The number of cyclic esters (lactones) is 1. The van der Waals surface area contributed by atoms with Crippen molar-refractivity contribution >= 4 is 11.7 Å². The predicted octanol–water partition coefficient (Wildman–Crippen LogP) is 1.13. The molecule has 2 fully saturated rings. The molecule has 0 aromatic rings. The summed E-state index contributed by atoms with van der Waals surface area (Å²) in [7, 11) is 2.82. The van der Waals surface area contributed by atoms with Gasteiger partial charge in [-0.2, -0.15) is 0 Å². The average molecular weight is 607 g/mol. The molecular weight excluding hydrogens is 552 g/mol. The second kappa shape index (κ2) is 13.7. The fourth-order valence-corrected chi connectivity index (χ4v) is 6.72. The lowest BCUT2D eigenvalue weighted by Crippen LogP contribution is -2.62. The van der Waals surface area contributed by atoms with Crippen LogP contribution in [0.15, 0.2) is 5.16 Å². The van der Waals surface area contributed by atoms with Crippen molar-refractivity contribution in [3.63, 3.8) is 0 Å². The van der Waals surface area contributed by atoms with Crippen molar-refractivity contribution in [1.29, 1.82) is 0 Å². The van der Waals surface area contributed by atoms with E-state index in [1.54, 1.807) is 34.6 Å². The van der Waals surface area contributed by atoms with Crippen LogP contribution < -0.4 is 0 Å². The number of quaternary nitrogens is 1. The number of carbonyl (C=O) groups is 1. The summed E-state index contributed by atoms with van der Waals surface area (Å²) in [6.45, 7) is 12.5. The Morgan fingerprint density at radius 2 is 1.62 bits per heavy atom. The van der Waals surface area contributed by atoms with Gasteiger partial charge < -0.3 is 54.8 Å². The zero-order chi connectivity index (χ0) is 32.5. The van der Waals surface area contributed by atoms with Crippen LogP contribution in [0.25, 0.3) is 0 Å². The standard InChI is InChI=1S/C29H54N2O11/c1-11-20-29(8,37)24(34)16(4)21(30-38)14(2)13-28(7,36)25(17(5)22(32)18(6)26(35)41-20)42-27-23(33)19(31(9,10)39)12-15(3)40-27/h14-20,22-25,27,32-34,36-38H,11-13H2,1-10H3/b30-21+/t14-,15-,16+,17+,18-,19+,20-,22+,23-,24-,25-,27+,28-,29-/m1/s1. The normalized spacial score (nSPS) is 48.0. The number of oxime groups is 1. The van der Waals surface area contributed by atoms with Gasteiger partial charge in [-0.3, -0.25) is 4.79 Å². The zero-order valence-electron chi connectivity index (χ0n) is 26.7. The summed E-state index contributed by atoms with van der Waals surface area (Å²) in [4.78, 5) is 13.2. The van der Waals surface area contributed by atoms with E-state index < -0.39 is 94.4 Å². The number of likely N-dealkylation sites (N-methyl/N-ethyl adjacent to an activating group) is 1. The molecule has 0 amide bonds. The highest BCUT2D eigenvalue weighted by atomic mass is 16.7. The molecule has 0 radical (unpaired) electrons. The van der Waals surface area contributed by atoms with Crippen LogP contribution >= 0.6 is 0 Å². The molecule has 2 aliphatic rings. The molecule has 14 atom stereocenters. The first kappa shape index (κ1) is 36.8. The van der Waals surface area contributed by atoms with Gasteiger partial charge in [0.1, 0.15) is 17.7 Å². The van der Waals surface area contributed by atoms with E-state index in [1.807, 2.05) is 0 Å². The Balaban J connectivity index is 2.61. The molecule has 0 unspecified atom stereocenters. The highest BCUT2D eigenvalue weighted by molar-refractivity contribution is 5.88. The van der Waals surface area contributed by atoms with Crippen LogP contribution in [0.5, 0.6) is 0 Å². The largest absolute Gasteiger partial charge is 0.633 e. The van der Waals surface area contributed by atoms with Gasteiger partial charge in [-0.1, -0.05) is 32.9 Å². The molecule has 6 N–H and O–H groups in total. The van der Waals surface area contributed by atoms with E-state index in [-0.39, 0.29) is 25.0 Å². The van der Waals surface area contributed by atoms with Crippen molar-refractivity contribution in [3.05, 3.63) is 5.21 Å². The van der Waals surface area contributed by atoms with E-state index in [1.165, 1.54) is 34.9 Å². The van der Waals surface area contributed by atoms with Crippen LogP contribution in [0.4, 0.5) is 0 Å². The van der Waals surface area contributed by atoms with Gasteiger partial charge in [0.05, 0.1) is 55.7 Å². The van der Waals surface area contributed by atoms with Crippen molar-refractivity contribution in [2.45, 2.75) is 135 Å². The number of hydroxylamine groups is 3. The molecule has 42 heavy (non-hydrogen) atoms. The first-order valence-corrected chi connectivity index (χ1v) is 14.9. The van der Waals surface area contributed by atoms with E-state index in [2.05, 4.69) is 5.16 Å². The molecule has 0 aliphatic carbocycles. The fraction of sp³-hybridized carbons (Fsp3) is 0.931. The molecule has 2 saturated heterocycles. The number of rotatable bonds is 4. The summed E-state index contributed by atoms with van der Waals surface area (Å²) < 4.78 is 16.9. The lowest BCUT2D eigenvalue weighted by Gasteiger charge is -2.50. The topological polar surface area (TPSA) is 202 Å². The summed E-state index contributed by atoms with van der Waals surface area (Å²) in [5, 5.41) is 83.1. The van der Waals surface area contributed by atoms with Crippen molar-refractivity contribution in [1.82, 2.24) is 0 Å². The van der Waals surface area contributed by atoms with Gasteiger partial charge in [-0.25, -0.2) is 0 Å². The third-order valence-electron chi connectivity index (χ3n) is 9.37. The Labute approximate surface area is 249 Å². The van der Waals surface area contributed by atoms with Crippen LogP contribution in [0.3, 0.4) is 0 Å². The molecule has 0 bridgehead atoms. The summed E-state index contributed by atoms with van der Waals surface area (Å²) in [5.74, 6) is -4.53. The van der Waals surface area contributed by atoms with Crippen molar-refractivity contribution in [2.24, 2.45) is 28.8 Å². The molecule has 0 spiro atoms. The lowest BCUT2D eigenvalue weighted by molar-refractivity contribution is -0.874. The molecule has 2 heterocycles. The molecule has 2 aliphatic heterocycles. The van der Waals surface area contributed by atoms with Crippen LogP contribution in [-0.2, 0) is 19.0 Å².